The third-order valence-electron chi connectivity index (χ3n) is 1.76. The van der Waals surface area contributed by atoms with E-state index in [-0.39, 0.29) is 6.04 Å². The summed E-state index contributed by atoms with van der Waals surface area (Å²) in [5.74, 6) is 5.32. The highest BCUT2D eigenvalue weighted by molar-refractivity contribution is 5.23. The van der Waals surface area contributed by atoms with Crippen LogP contribution in [-0.4, -0.2) is 4.98 Å². The first kappa shape index (κ1) is 8.90. The van der Waals surface area contributed by atoms with Crippen LogP contribution in [-0.2, 0) is 0 Å². The van der Waals surface area contributed by atoms with Gasteiger partial charge in [0.05, 0.1) is 11.7 Å². The molecule has 1 atom stereocenters. The van der Waals surface area contributed by atoms with Crippen molar-refractivity contribution in [2.45, 2.75) is 13.0 Å². The van der Waals surface area contributed by atoms with Crippen LogP contribution in [0.2, 0.25) is 0 Å². The topological polar surface area (TPSA) is 50.9 Å². The van der Waals surface area contributed by atoms with Crippen LogP contribution in [0.4, 0.5) is 0 Å². The molecule has 1 heterocycles. The zero-order valence-electron chi connectivity index (χ0n) is 7.12. The third-order valence-corrected chi connectivity index (χ3v) is 1.76. The Morgan fingerprint density at radius 2 is 2.50 bits per heavy atom. The summed E-state index contributed by atoms with van der Waals surface area (Å²) < 4.78 is 0. The number of nitrogens with zero attached hydrogens (tertiary/aromatic N) is 1. The molecule has 0 fully saturated rings. The molecule has 0 bridgehead atoms. The largest absolute Gasteiger partial charge is 0.271 e. The van der Waals surface area contributed by atoms with Crippen LogP contribution < -0.4 is 11.3 Å². The Kier molecular flexibility index (Phi) is 2.96. The molecule has 0 spiro atoms. The summed E-state index contributed by atoms with van der Waals surface area (Å²) in [5.41, 5.74) is 4.67. The van der Waals surface area contributed by atoms with Gasteiger partial charge >= 0.3 is 0 Å². The monoisotopic (exact) mass is 163 g/mol. The fourth-order valence-electron chi connectivity index (χ4n) is 1.08. The smallest absolute Gasteiger partial charge is 0.0812 e. The Morgan fingerprint density at radius 1 is 1.75 bits per heavy atom. The molecule has 1 unspecified atom stereocenters. The van der Waals surface area contributed by atoms with Gasteiger partial charge in [-0.15, -0.1) is 6.58 Å². The van der Waals surface area contributed by atoms with Gasteiger partial charge in [-0.05, 0) is 18.6 Å². The second kappa shape index (κ2) is 3.99. The lowest BCUT2D eigenvalue weighted by Crippen LogP contribution is -2.27. The highest BCUT2D eigenvalue weighted by Crippen LogP contribution is 2.13. The first-order valence-corrected chi connectivity index (χ1v) is 3.79. The van der Waals surface area contributed by atoms with E-state index in [1.54, 1.807) is 12.3 Å². The van der Waals surface area contributed by atoms with Gasteiger partial charge in [0.15, 0.2) is 0 Å². The fourth-order valence-corrected chi connectivity index (χ4v) is 1.08. The molecule has 0 amide bonds. The predicted octanol–water partition coefficient (Wildman–Crippen LogP) is 1.08. The van der Waals surface area contributed by atoms with Gasteiger partial charge in [0.25, 0.3) is 0 Å². The van der Waals surface area contributed by atoms with E-state index in [1.165, 1.54) is 0 Å². The molecule has 3 heteroatoms. The Bertz CT molecular complexity index is 270. The van der Waals surface area contributed by atoms with Gasteiger partial charge in [0, 0.05) is 6.20 Å². The maximum absolute atomic E-state index is 5.32. The van der Waals surface area contributed by atoms with Gasteiger partial charge in [-0.1, -0.05) is 12.1 Å². The number of hydrogen-bond acceptors (Lipinski definition) is 3. The fraction of sp³-hybridized carbons (Fsp3) is 0.222. The van der Waals surface area contributed by atoms with E-state index < -0.39 is 0 Å². The molecule has 0 radical (unpaired) electrons. The zero-order valence-corrected chi connectivity index (χ0v) is 7.12. The Labute approximate surface area is 72.3 Å². The summed E-state index contributed by atoms with van der Waals surface area (Å²) in [4.78, 5) is 4.21. The van der Waals surface area contributed by atoms with E-state index in [2.05, 4.69) is 17.0 Å². The van der Waals surface area contributed by atoms with Crippen LogP contribution in [0.15, 0.2) is 31.0 Å². The van der Waals surface area contributed by atoms with E-state index in [4.69, 9.17) is 5.84 Å². The Balaban J connectivity index is 3.00. The number of rotatable bonds is 3. The van der Waals surface area contributed by atoms with Crippen LogP contribution in [0.25, 0.3) is 0 Å². The summed E-state index contributed by atoms with van der Waals surface area (Å²) in [6.07, 6.45) is 3.48. The average molecular weight is 163 g/mol. The minimum atomic E-state index is -0.0637. The van der Waals surface area contributed by atoms with Crippen molar-refractivity contribution in [1.82, 2.24) is 10.4 Å². The normalized spacial score (nSPS) is 12.5. The second-order valence-corrected chi connectivity index (χ2v) is 2.59. The van der Waals surface area contributed by atoms with Crippen LogP contribution in [0, 0.1) is 6.92 Å². The summed E-state index contributed by atoms with van der Waals surface area (Å²) in [6, 6.07) is 3.83. The van der Waals surface area contributed by atoms with Crippen molar-refractivity contribution >= 4 is 0 Å². The molecule has 64 valence electrons. The highest BCUT2D eigenvalue weighted by Gasteiger charge is 2.07. The number of nitrogens with two attached hydrogens (primary N) is 1. The molecule has 1 rings (SSSR count). The Hall–Kier alpha value is -1.19. The molecule has 0 saturated carbocycles. The van der Waals surface area contributed by atoms with E-state index in [1.807, 2.05) is 19.1 Å². The third kappa shape index (κ3) is 1.69. The first-order valence-electron chi connectivity index (χ1n) is 3.79. The van der Waals surface area contributed by atoms with Gasteiger partial charge in [-0.3, -0.25) is 10.8 Å². The molecule has 1 aromatic heterocycles. The van der Waals surface area contributed by atoms with Crippen molar-refractivity contribution in [2.24, 2.45) is 5.84 Å². The van der Waals surface area contributed by atoms with Gasteiger partial charge in [-0.25, -0.2) is 5.43 Å². The van der Waals surface area contributed by atoms with Gasteiger partial charge < -0.3 is 0 Å². The molecule has 0 aliphatic heterocycles. The standard InChI is InChI=1S/C9H13N3/c1-3-8(12-10)9-7(2)5-4-6-11-9/h3-6,8,12H,1,10H2,2H3. The summed E-state index contributed by atoms with van der Waals surface area (Å²) >= 11 is 0. The van der Waals surface area contributed by atoms with Gasteiger partial charge in [0.1, 0.15) is 0 Å². The molecule has 3 nitrogen and oxygen atoms in total. The molecule has 1 aromatic rings. The van der Waals surface area contributed by atoms with Crippen molar-refractivity contribution in [3.63, 3.8) is 0 Å². The molecular formula is C9H13N3. The maximum Gasteiger partial charge on any atom is 0.0812 e. The Morgan fingerprint density at radius 3 is 3.00 bits per heavy atom. The van der Waals surface area contributed by atoms with Crippen molar-refractivity contribution in [1.29, 1.82) is 0 Å². The zero-order chi connectivity index (χ0) is 8.97. The molecule has 3 N–H and O–H groups in total. The lowest BCUT2D eigenvalue weighted by Gasteiger charge is -2.12. The molecule has 12 heavy (non-hydrogen) atoms. The van der Waals surface area contributed by atoms with E-state index in [0.29, 0.717) is 0 Å². The maximum atomic E-state index is 5.32. The van der Waals surface area contributed by atoms with Crippen LogP contribution in [0.1, 0.15) is 17.3 Å². The summed E-state index contributed by atoms with van der Waals surface area (Å²) in [5, 5.41) is 0. The van der Waals surface area contributed by atoms with E-state index >= 15 is 0 Å². The van der Waals surface area contributed by atoms with Crippen molar-refractivity contribution in [2.75, 3.05) is 0 Å². The molecule has 0 aromatic carbocycles. The predicted molar refractivity (Wildman–Crippen MR) is 49.2 cm³/mol. The van der Waals surface area contributed by atoms with Crippen molar-refractivity contribution in [3.8, 4) is 0 Å². The van der Waals surface area contributed by atoms with Crippen molar-refractivity contribution in [3.05, 3.63) is 42.2 Å². The lowest BCUT2D eigenvalue weighted by molar-refractivity contribution is 0.636. The van der Waals surface area contributed by atoms with Gasteiger partial charge in [0.2, 0.25) is 0 Å². The number of hydrogen-bond donors (Lipinski definition) is 2. The molecule has 0 aliphatic carbocycles. The summed E-state index contributed by atoms with van der Waals surface area (Å²) in [6.45, 7) is 5.66. The van der Waals surface area contributed by atoms with E-state index in [0.717, 1.165) is 11.3 Å². The van der Waals surface area contributed by atoms with Crippen molar-refractivity contribution < 1.29 is 0 Å². The SMILES string of the molecule is C=CC(NN)c1ncccc1C. The van der Waals surface area contributed by atoms with Crippen LogP contribution >= 0.6 is 0 Å². The van der Waals surface area contributed by atoms with E-state index in [9.17, 15) is 0 Å². The van der Waals surface area contributed by atoms with Crippen LogP contribution in [0.5, 0.6) is 0 Å². The highest BCUT2D eigenvalue weighted by atomic mass is 15.2. The molecular weight excluding hydrogens is 150 g/mol. The van der Waals surface area contributed by atoms with Gasteiger partial charge in [-0.2, -0.15) is 0 Å². The minimum absolute atomic E-state index is 0.0637. The quantitative estimate of drug-likeness (QED) is 0.398. The number of pyridine rings is 1. The lowest BCUT2D eigenvalue weighted by atomic mass is 10.1. The number of aromatic nitrogens is 1. The van der Waals surface area contributed by atoms with Crippen LogP contribution in [0.3, 0.4) is 0 Å². The second-order valence-electron chi connectivity index (χ2n) is 2.59. The molecule has 0 saturated heterocycles. The average Bonchev–Trinajstić information content (AvgIpc) is 2.10. The molecule has 0 aliphatic rings. The number of aryl methyl sites for hydroxylation is 1. The summed E-state index contributed by atoms with van der Waals surface area (Å²) in [7, 11) is 0. The first-order chi connectivity index (χ1) is 5.79. The number of nitrogens with one attached hydrogen (secondary N) is 1. The minimum Gasteiger partial charge on any atom is -0.271 e. The number of hydrazine groups is 1.